The molecule has 0 aliphatic carbocycles. The topological polar surface area (TPSA) is 121 Å². The van der Waals surface area contributed by atoms with Gasteiger partial charge in [-0.25, -0.2) is 16.8 Å². The van der Waals surface area contributed by atoms with Crippen LogP contribution in [0.15, 0.2) is 30.3 Å². The molecule has 1 aromatic carbocycles. The van der Waals surface area contributed by atoms with E-state index in [-0.39, 0.29) is 18.8 Å². The van der Waals surface area contributed by atoms with E-state index in [0.717, 1.165) is 10.6 Å². The Morgan fingerprint density at radius 3 is 2.19 bits per heavy atom. The first-order valence-corrected chi connectivity index (χ1v) is 9.85. The Morgan fingerprint density at radius 2 is 1.71 bits per heavy atom. The molecular weight excluding hydrogens is 314 g/mol. The van der Waals surface area contributed by atoms with Gasteiger partial charge in [0, 0.05) is 19.2 Å². The third-order valence-corrected chi connectivity index (χ3v) is 5.67. The number of rotatable bonds is 8. The summed E-state index contributed by atoms with van der Waals surface area (Å²) in [6.45, 7) is 0.00540. The van der Waals surface area contributed by atoms with Gasteiger partial charge in [0.15, 0.2) is 0 Å². The lowest BCUT2D eigenvalue weighted by molar-refractivity contribution is 0.586. The molecule has 118 valence electrons. The fourth-order valence-electron chi connectivity index (χ4n) is 1.61. The summed E-state index contributed by atoms with van der Waals surface area (Å²) in [6, 6.07) is 8.33. The van der Waals surface area contributed by atoms with Crippen molar-refractivity contribution in [2.24, 2.45) is 5.73 Å². The predicted molar refractivity (Wildman–Crippen MR) is 83.8 cm³/mol. The summed E-state index contributed by atoms with van der Waals surface area (Å²) in [4.78, 5) is 0. The third kappa shape index (κ3) is 6.13. The van der Waals surface area contributed by atoms with Crippen LogP contribution >= 0.6 is 0 Å². The van der Waals surface area contributed by atoms with E-state index < -0.39 is 31.4 Å². The molecule has 9 heteroatoms. The number of hydrogen-bond donors (Lipinski definition) is 2. The van der Waals surface area contributed by atoms with Crippen LogP contribution in [0.1, 0.15) is 6.42 Å². The number of amidine groups is 1. The lowest BCUT2D eigenvalue weighted by Gasteiger charge is -2.24. The van der Waals surface area contributed by atoms with Gasteiger partial charge in [-0.2, -0.15) is 0 Å². The van der Waals surface area contributed by atoms with Crippen molar-refractivity contribution >= 4 is 31.4 Å². The highest BCUT2D eigenvalue weighted by Crippen LogP contribution is 2.18. The van der Waals surface area contributed by atoms with E-state index in [0.29, 0.717) is 5.69 Å². The summed E-state index contributed by atoms with van der Waals surface area (Å²) < 4.78 is 48.1. The van der Waals surface area contributed by atoms with Gasteiger partial charge in [0.1, 0.15) is 9.84 Å². The van der Waals surface area contributed by atoms with E-state index >= 15 is 0 Å². The first-order chi connectivity index (χ1) is 9.62. The lowest BCUT2D eigenvalue weighted by Crippen LogP contribution is -2.37. The van der Waals surface area contributed by atoms with Crippen molar-refractivity contribution in [3.8, 4) is 0 Å². The molecule has 1 rings (SSSR count). The van der Waals surface area contributed by atoms with Crippen molar-refractivity contribution in [2.45, 2.75) is 6.42 Å². The molecular formula is C12H19N3O4S2. The maximum Gasteiger partial charge on any atom is 0.236 e. The van der Waals surface area contributed by atoms with Gasteiger partial charge in [0.05, 0.1) is 23.0 Å². The van der Waals surface area contributed by atoms with Crippen LogP contribution in [0.4, 0.5) is 5.69 Å². The molecule has 21 heavy (non-hydrogen) atoms. The standard InChI is InChI=1S/C12H19N3O4S2/c1-20(16,17)9-10-21(18,19)15(8-7-12(13)14)11-5-3-2-4-6-11/h2-6H,7-10H2,1H3,(H3,13,14). The first-order valence-electron chi connectivity index (χ1n) is 6.18. The molecule has 0 aromatic heterocycles. The van der Waals surface area contributed by atoms with Crippen LogP contribution in [-0.4, -0.2) is 47.0 Å². The summed E-state index contributed by atoms with van der Waals surface area (Å²) in [7, 11) is -7.18. The molecule has 0 saturated carbocycles. The molecule has 0 radical (unpaired) electrons. The molecule has 1 aromatic rings. The summed E-state index contributed by atoms with van der Waals surface area (Å²) in [5.41, 5.74) is 5.69. The second-order valence-corrected chi connectivity index (χ2v) is 8.90. The number of nitrogens with zero attached hydrogens (tertiary/aromatic N) is 1. The minimum absolute atomic E-state index is 0.00540. The molecule has 0 amide bonds. The molecule has 0 aliphatic heterocycles. The van der Waals surface area contributed by atoms with Crippen molar-refractivity contribution in [3.63, 3.8) is 0 Å². The number of para-hydroxylation sites is 1. The minimum atomic E-state index is -3.80. The van der Waals surface area contributed by atoms with E-state index in [9.17, 15) is 16.8 Å². The van der Waals surface area contributed by atoms with Gasteiger partial charge in [-0.05, 0) is 12.1 Å². The summed E-state index contributed by atoms with van der Waals surface area (Å²) in [5.74, 6) is -1.08. The Bertz CT molecular complexity index is 684. The largest absolute Gasteiger partial charge is 0.388 e. The van der Waals surface area contributed by atoms with Gasteiger partial charge in [0.25, 0.3) is 0 Å². The zero-order valence-electron chi connectivity index (χ0n) is 11.7. The molecule has 0 bridgehead atoms. The normalized spacial score (nSPS) is 12.0. The van der Waals surface area contributed by atoms with E-state index in [4.69, 9.17) is 11.1 Å². The van der Waals surface area contributed by atoms with Crippen molar-refractivity contribution < 1.29 is 16.8 Å². The maximum absolute atomic E-state index is 12.3. The van der Waals surface area contributed by atoms with E-state index in [1.165, 1.54) is 0 Å². The van der Waals surface area contributed by atoms with Gasteiger partial charge in [-0.3, -0.25) is 9.71 Å². The highest BCUT2D eigenvalue weighted by Gasteiger charge is 2.24. The number of nitrogens with two attached hydrogens (primary N) is 1. The molecule has 0 atom stereocenters. The van der Waals surface area contributed by atoms with Crippen molar-refractivity contribution in [1.29, 1.82) is 5.41 Å². The zero-order valence-corrected chi connectivity index (χ0v) is 13.3. The summed E-state index contributed by atoms with van der Waals surface area (Å²) in [5, 5.41) is 7.22. The van der Waals surface area contributed by atoms with Gasteiger partial charge >= 0.3 is 0 Å². The van der Waals surface area contributed by atoms with E-state index in [1.54, 1.807) is 30.3 Å². The average molecular weight is 333 g/mol. The summed E-state index contributed by atoms with van der Waals surface area (Å²) in [6.07, 6.45) is 1.07. The highest BCUT2D eigenvalue weighted by molar-refractivity contribution is 7.95. The molecule has 0 aliphatic rings. The van der Waals surface area contributed by atoms with Crippen molar-refractivity contribution in [2.75, 3.05) is 28.6 Å². The number of anilines is 1. The van der Waals surface area contributed by atoms with Crippen LogP contribution in [0, 0.1) is 5.41 Å². The van der Waals surface area contributed by atoms with Crippen molar-refractivity contribution in [1.82, 2.24) is 0 Å². The zero-order chi connectivity index (χ0) is 16.1. The number of sulfone groups is 1. The Hall–Kier alpha value is -1.61. The predicted octanol–water partition coefficient (Wildman–Crippen LogP) is 0.193. The fraction of sp³-hybridized carbons (Fsp3) is 0.417. The van der Waals surface area contributed by atoms with Gasteiger partial charge in [-0.1, -0.05) is 18.2 Å². The van der Waals surface area contributed by atoms with Crippen LogP contribution in [-0.2, 0) is 19.9 Å². The van der Waals surface area contributed by atoms with Gasteiger partial charge in [-0.15, -0.1) is 0 Å². The SMILES string of the molecule is CS(=O)(=O)CCS(=O)(=O)N(CCC(=N)N)c1ccccc1. The second kappa shape index (κ2) is 6.90. The average Bonchev–Trinajstić information content (AvgIpc) is 2.37. The Kier molecular flexibility index (Phi) is 5.73. The molecule has 0 saturated heterocycles. The quantitative estimate of drug-likeness (QED) is 0.519. The van der Waals surface area contributed by atoms with Crippen LogP contribution in [0.5, 0.6) is 0 Å². The molecule has 3 N–H and O–H groups in total. The van der Waals surface area contributed by atoms with Crippen molar-refractivity contribution in [3.05, 3.63) is 30.3 Å². The monoisotopic (exact) mass is 333 g/mol. The molecule has 7 nitrogen and oxygen atoms in total. The molecule has 0 spiro atoms. The molecule has 0 unspecified atom stereocenters. The third-order valence-electron chi connectivity index (χ3n) is 2.68. The van der Waals surface area contributed by atoms with Crippen LogP contribution in [0.3, 0.4) is 0 Å². The Balaban J connectivity index is 3.02. The Labute approximate surface area is 125 Å². The molecule has 0 fully saturated rings. The smallest absolute Gasteiger partial charge is 0.236 e. The second-order valence-electron chi connectivity index (χ2n) is 4.63. The maximum atomic E-state index is 12.3. The number of benzene rings is 1. The van der Waals surface area contributed by atoms with Gasteiger partial charge in [0.2, 0.25) is 10.0 Å². The van der Waals surface area contributed by atoms with Crippen LogP contribution < -0.4 is 10.0 Å². The number of hydrogen-bond acceptors (Lipinski definition) is 5. The summed E-state index contributed by atoms with van der Waals surface area (Å²) >= 11 is 0. The fourth-order valence-corrected chi connectivity index (χ4v) is 4.70. The van der Waals surface area contributed by atoms with E-state index in [2.05, 4.69) is 0 Å². The highest BCUT2D eigenvalue weighted by atomic mass is 32.2. The number of sulfonamides is 1. The van der Waals surface area contributed by atoms with Crippen LogP contribution in [0.2, 0.25) is 0 Å². The van der Waals surface area contributed by atoms with E-state index in [1.807, 2.05) is 0 Å². The Morgan fingerprint density at radius 1 is 1.14 bits per heavy atom. The first kappa shape index (κ1) is 17.4. The number of nitrogens with one attached hydrogen (secondary N) is 1. The van der Waals surface area contributed by atoms with Crippen LogP contribution in [0.25, 0.3) is 0 Å². The minimum Gasteiger partial charge on any atom is -0.388 e. The van der Waals surface area contributed by atoms with Gasteiger partial charge < -0.3 is 5.73 Å². The molecule has 0 heterocycles. The lowest BCUT2D eigenvalue weighted by atomic mass is 10.3.